The van der Waals surface area contributed by atoms with Crippen LogP contribution < -0.4 is 9.64 Å². The van der Waals surface area contributed by atoms with Crippen molar-refractivity contribution in [2.45, 2.75) is 72.5 Å². The zero-order valence-corrected chi connectivity index (χ0v) is 27.2. The van der Waals surface area contributed by atoms with Crippen LogP contribution >= 0.6 is 11.6 Å². The van der Waals surface area contributed by atoms with Gasteiger partial charge in [0.1, 0.15) is 22.4 Å². The summed E-state index contributed by atoms with van der Waals surface area (Å²) in [5.41, 5.74) is 2.91. The van der Waals surface area contributed by atoms with Crippen molar-refractivity contribution in [2.75, 3.05) is 31.2 Å². The summed E-state index contributed by atoms with van der Waals surface area (Å²) >= 11 is 6.83. The number of pyridine rings is 1. The van der Waals surface area contributed by atoms with Gasteiger partial charge in [0.2, 0.25) is 0 Å². The Bertz CT molecular complexity index is 1440. The first-order chi connectivity index (χ1) is 20.8. The number of carbonyl (C=O) groups is 2. The first kappa shape index (κ1) is 33.4. The van der Waals surface area contributed by atoms with Gasteiger partial charge in [-0.3, -0.25) is 4.79 Å². The van der Waals surface area contributed by atoms with E-state index in [4.69, 9.17) is 25.8 Å². The van der Waals surface area contributed by atoms with E-state index in [0.717, 1.165) is 24.0 Å². The Balaban J connectivity index is 1.78. The van der Waals surface area contributed by atoms with E-state index >= 15 is 0 Å². The maximum Gasteiger partial charge on any atom is 0.340 e. The van der Waals surface area contributed by atoms with Gasteiger partial charge in [-0.05, 0) is 81.3 Å². The minimum Gasteiger partial charge on any atom is -0.493 e. The topological polar surface area (TPSA) is 78.0 Å². The van der Waals surface area contributed by atoms with Gasteiger partial charge in [0.25, 0.3) is 0 Å². The van der Waals surface area contributed by atoms with E-state index in [9.17, 15) is 14.0 Å². The highest BCUT2D eigenvalue weighted by Crippen LogP contribution is 2.46. The molecule has 1 fully saturated rings. The number of aromatic nitrogens is 1. The standard InChI is InChI=1S/C35H42ClFN2O5/c1-7-42-33(41)31(44-34(2,3)4)29-30(39-19-17-35(5,6)18-20-39)28(27(22-40)38-32(29)36)24-10-14-26(15-11-24)43-21-16-23-8-12-25(37)13-9-23/h8-15,22,31H,7,16-21H2,1-6H3. The monoisotopic (exact) mass is 624 g/mol. The molecule has 0 bridgehead atoms. The molecule has 1 aliphatic heterocycles. The summed E-state index contributed by atoms with van der Waals surface area (Å²) in [5.74, 6) is -0.196. The third-order valence-electron chi connectivity index (χ3n) is 7.68. The second-order valence-corrected chi connectivity index (χ2v) is 13.2. The molecule has 2 heterocycles. The van der Waals surface area contributed by atoms with Crippen molar-refractivity contribution in [1.82, 2.24) is 4.98 Å². The van der Waals surface area contributed by atoms with Gasteiger partial charge in [0, 0.05) is 25.1 Å². The van der Waals surface area contributed by atoms with Gasteiger partial charge in [-0.25, -0.2) is 14.2 Å². The zero-order valence-electron chi connectivity index (χ0n) is 26.4. The number of rotatable bonds is 11. The van der Waals surface area contributed by atoms with E-state index in [0.29, 0.717) is 55.0 Å². The van der Waals surface area contributed by atoms with Crippen LogP contribution in [0.3, 0.4) is 0 Å². The Labute approximate surface area is 264 Å². The van der Waals surface area contributed by atoms with Gasteiger partial charge in [0.05, 0.1) is 30.1 Å². The Morgan fingerprint density at radius 1 is 1.09 bits per heavy atom. The molecule has 7 nitrogen and oxygen atoms in total. The summed E-state index contributed by atoms with van der Waals surface area (Å²) in [6.45, 7) is 13.8. The fraction of sp³-hybridized carbons (Fsp3) is 0.457. The number of hydrogen-bond donors (Lipinski definition) is 0. The van der Waals surface area contributed by atoms with Crippen molar-refractivity contribution < 1.29 is 28.2 Å². The van der Waals surface area contributed by atoms with Gasteiger partial charge in [-0.2, -0.15) is 0 Å². The first-order valence-corrected chi connectivity index (χ1v) is 15.5. The highest BCUT2D eigenvalue weighted by Gasteiger charge is 2.38. The lowest BCUT2D eigenvalue weighted by Crippen LogP contribution is -2.39. The van der Waals surface area contributed by atoms with Crippen molar-refractivity contribution in [3.05, 3.63) is 76.3 Å². The van der Waals surface area contributed by atoms with E-state index < -0.39 is 17.7 Å². The molecule has 0 aliphatic carbocycles. The van der Waals surface area contributed by atoms with Crippen LogP contribution in [0, 0.1) is 11.2 Å². The normalized spacial score (nSPS) is 15.5. The first-order valence-electron chi connectivity index (χ1n) is 15.1. The zero-order chi connectivity index (χ0) is 32.1. The highest BCUT2D eigenvalue weighted by molar-refractivity contribution is 6.31. The van der Waals surface area contributed by atoms with Crippen molar-refractivity contribution >= 4 is 29.5 Å². The summed E-state index contributed by atoms with van der Waals surface area (Å²) in [6, 6.07) is 13.8. The lowest BCUT2D eigenvalue weighted by molar-refractivity contribution is -0.166. The van der Waals surface area contributed by atoms with Gasteiger partial charge in [0.15, 0.2) is 12.4 Å². The number of piperidine rings is 1. The predicted molar refractivity (Wildman–Crippen MR) is 171 cm³/mol. The molecule has 2 aromatic carbocycles. The summed E-state index contributed by atoms with van der Waals surface area (Å²) < 4.78 is 30.9. The SMILES string of the molecule is CCOC(=O)C(OC(C)(C)C)c1c(Cl)nc(C=O)c(-c2ccc(OCCc3ccc(F)cc3)cc2)c1N1CCC(C)(C)CC1. The Hall–Kier alpha value is -3.49. The molecule has 1 unspecified atom stereocenters. The molecule has 0 radical (unpaired) electrons. The van der Waals surface area contributed by atoms with E-state index in [1.54, 1.807) is 19.1 Å². The summed E-state index contributed by atoms with van der Waals surface area (Å²) in [4.78, 5) is 32.6. The average molecular weight is 625 g/mol. The Morgan fingerprint density at radius 3 is 2.30 bits per heavy atom. The number of nitrogens with zero attached hydrogens (tertiary/aromatic N) is 2. The number of hydrogen-bond acceptors (Lipinski definition) is 7. The quantitative estimate of drug-likeness (QED) is 0.121. The third-order valence-corrected chi connectivity index (χ3v) is 7.97. The number of anilines is 1. The molecule has 0 N–H and O–H groups in total. The Morgan fingerprint density at radius 2 is 1.73 bits per heavy atom. The van der Waals surface area contributed by atoms with E-state index in [-0.39, 0.29) is 28.7 Å². The molecule has 9 heteroatoms. The number of carbonyl (C=O) groups excluding carboxylic acids is 2. The number of ether oxygens (including phenoxy) is 3. The van der Waals surface area contributed by atoms with Crippen LogP contribution in [0.25, 0.3) is 11.1 Å². The molecule has 4 rings (SSSR count). The van der Waals surface area contributed by atoms with Crippen LogP contribution in [-0.2, 0) is 20.7 Å². The van der Waals surface area contributed by atoms with Gasteiger partial charge in [-0.1, -0.05) is 49.7 Å². The van der Waals surface area contributed by atoms with Crippen molar-refractivity contribution in [1.29, 1.82) is 0 Å². The second kappa shape index (κ2) is 14.1. The van der Waals surface area contributed by atoms with Crippen LogP contribution in [0.1, 0.15) is 82.1 Å². The van der Waals surface area contributed by atoms with Gasteiger partial charge >= 0.3 is 5.97 Å². The molecule has 44 heavy (non-hydrogen) atoms. The van der Waals surface area contributed by atoms with E-state index in [1.807, 2.05) is 45.0 Å². The van der Waals surface area contributed by atoms with Crippen LogP contribution in [-0.4, -0.2) is 49.1 Å². The third kappa shape index (κ3) is 8.36. The molecule has 0 spiro atoms. The molecule has 236 valence electrons. The van der Waals surface area contributed by atoms with Crippen LogP contribution in [0.4, 0.5) is 10.1 Å². The lowest BCUT2D eigenvalue weighted by atomic mass is 9.82. The summed E-state index contributed by atoms with van der Waals surface area (Å²) in [7, 11) is 0. The second-order valence-electron chi connectivity index (χ2n) is 12.8. The van der Waals surface area contributed by atoms with Crippen LogP contribution in [0.5, 0.6) is 5.75 Å². The lowest BCUT2D eigenvalue weighted by Gasteiger charge is -2.41. The molecular weight excluding hydrogens is 583 g/mol. The Kier molecular flexibility index (Phi) is 10.7. The smallest absolute Gasteiger partial charge is 0.340 e. The number of esters is 1. The highest BCUT2D eigenvalue weighted by atomic mass is 35.5. The maximum atomic E-state index is 13.4. The van der Waals surface area contributed by atoms with Crippen molar-refractivity contribution in [2.24, 2.45) is 5.41 Å². The molecule has 3 aromatic rings. The minimum atomic E-state index is -1.16. The molecule has 1 aromatic heterocycles. The summed E-state index contributed by atoms with van der Waals surface area (Å²) in [6.07, 6.45) is 1.98. The van der Waals surface area contributed by atoms with E-state index in [2.05, 4.69) is 23.7 Å². The van der Waals surface area contributed by atoms with Crippen molar-refractivity contribution in [3.8, 4) is 16.9 Å². The number of benzene rings is 2. The maximum absolute atomic E-state index is 13.4. The molecule has 1 atom stereocenters. The fourth-order valence-electron chi connectivity index (χ4n) is 5.29. The van der Waals surface area contributed by atoms with Gasteiger partial charge < -0.3 is 19.1 Å². The molecular formula is C35H42ClFN2O5. The van der Waals surface area contributed by atoms with Crippen LogP contribution in [0.15, 0.2) is 48.5 Å². The molecule has 1 saturated heterocycles. The largest absolute Gasteiger partial charge is 0.493 e. The molecule has 0 amide bonds. The van der Waals surface area contributed by atoms with Crippen LogP contribution in [0.2, 0.25) is 5.15 Å². The van der Waals surface area contributed by atoms with E-state index in [1.165, 1.54) is 12.1 Å². The number of aldehydes is 1. The predicted octanol–water partition coefficient (Wildman–Crippen LogP) is 8.02. The minimum absolute atomic E-state index is 0.0266. The average Bonchev–Trinajstić information content (AvgIpc) is 2.97. The number of halogens is 2. The van der Waals surface area contributed by atoms with Crippen molar-refractivity contribution in [3.63, 3.8) is 0 Å². The molecule has 1 aliphatic rings. The van der Waals surface area contributed by atoms with Gasteiger partial charge in [-0.15, -0.1) is 0 Å². The fourth-order valence-corrected chi connectivity index (χ4v) is 5.57. The summed E-state index contributed by atoms with van der Waals surface area (Å²) in [5, 5.41) is 0.0266. The molecule has 0 saturated carbocycles.